The number of fused-ring (bicyclic) bond motifs is 1. The fourth-order valence-corrected chi connectivity index (χ4v) is 3.68. The molecule has 0 spiro atoms. The Hall–Kier alpha value is -2.96. The molecule has 7 heteroatoms. The third kappa shape index (κ3) is 3.32. The summed E-state index contributed by atoms with van der Waals surface area (Å²) in [4.78, 5) is 25.6. The predicted octanol–water partition coefficient (Wildman–Crippen LogP) is 2.50. The van der Waals surface area contributed by atoms with Gasteiger partial charge in [0.1, 0.15) is 6.54 Å². The number of nitrogens with zero attached hydrogens (tertiary/aromatic N) is 4. The molecule has 1 aliphatic carbocycles. The van der Waals surface area contributed by atoms with E-state index in [9.17, 15) is 9.59 Å². The zero-order chi connectivity index (χ0) is 20.0. The molecule has 2 heterocycles. The van der Waals surface area contributed by atoms with E-state index in [1.54, 1.807) is 4.68 Å². The van der Waals surface area contributed by atoms with Crippen LogP contribution in [0, 0.1) is 13.8 Å². The first-order chi connectivity index (χ1) is 13.3. The molecule has 1 saturated carbocycles. The van der Waals surface area contributed by atoms with Crippen LogP contribution in [0.15, 0.2) is 29.1 Å². The monoisotopic (exact) mass is 379 g/mol. The quantitative estimate of drug-likeness (QED) is 0.738. The highest BCUT2D eigenvalue weighted by atomic mass is 16.2. The van der Waals surface area contributed by atoms with E-state index in [1.807, 2.05) is 52.1 Å². The number of hydrogen-bond acceptors (Lipinski definition) is 4. The van der Waals surface area contributed by atoms with Crippen molar-refractivity contribution in [2.24, 2.45) is 7.05 Å². The SMILES string of the molecule is Cc1ccc(C(C)NC(=O)Cn2nc(C)c3c(c(C4CC4)nn3C)c2=O)cc1. The summed E-state index contributed by atoms with van der Waals surface area (Å²) in [5, 5.41) is 12.5. The maximum atomic E-state index is 13.0. The molecule has 2 aromatic heterocycles. The molecular weight excluding hydrogens is 354 g/mol. The van der Waals surface area contributed by atoms with Gasteiger partial charge in [-0.1, -0.05) is 29.8 Å². The molecule has 0 bridgehead atoms. The van der Waals surface area contributed by atoms with Crippen LogP contribution in [0.4, 0.5) is 0 Å². The molecule has 4 rings (SSSR count). The summed E-state index contributed by atoms with van der Waals surface area (Å²) >= 11 is 0. The summed E-state index contributed by atoms with van der Waals surface area (Å²) in [5.41, 5.74) is 4.26. The van der Waals surface area contributed by atoms with Gasteiger partial charge in [-0.3, -0.25) is 14.3 Å². The van der Waals surface area contributed by atoms with Crippen molar-refractivity contribution < 1.29 is 4.79 Å². The van der Waals surface area contributed by atoms with E-state index in [0.717, 1.165) is 29.6 Å². The van der Waals surface area contributed by atoms with Crippen molar-refractivity contribution in [3.8, 4) is 0 Å². The van der Waals surface area contributed by atoms with Gasteiger partial charge in [-0.25, -0.2) is 4.68 Å². The number of rotatable bonds is 5. The number of nitrogens with one attached hydrogen (secondary N) is 1. The first kappa shape index (κ1) is 18.4. The molecule has 1 fully saturated rings. The van der Waals surface area contributed by atoms with Crippen LogP contribution in [0.25, 0.3) is 10.9 Å². The van der Waals surface area contributed by atoms with Crippen LogP contribution in [-0.2, 0) is 18.4 Å². The van der Waals surface area contributed by atoms with Crippen LogP contribution in [0.1, 0.15) is 54.2 Å². The Balaban J connectivity index is 1.60. The fourth-order valence-electron chi connectivity index (χ4n) is 3.68. The fraction of sp³-hybridized carbons (Fsp3) is 0.429. The van der Waals surface area contributed by atoms with Crippen LogP contribution >= 0.6 is 0 Å². The highest BCUT2D eigenvalue weighted by Crippen LogP contribution is 2.41. The molecule has 28 heavy (non-hydrogen) atoms. The molecular formula is C21H25N5O2. The van der Waals surface area contributed by atoms with Crippen molar-refractivity contribution in [1.29, 1.82) is 0 Å². The molecule has 1 unspecified atom stereocenters. The van der Waals surface area contributed by atoms with Gasteiger partial charge >= 0.3 is 0 Å². The van der Waals surface area contributed by atoms with Gasteiger partial charge in [-0.05, 0) is 39.2 Å². The third-order valence-corrected chi connectivity index (χ3v) is 5.35. The van der Waals surface area contributed by atoms with Gasteiger partial charge < -0.3 is 5.32 Å². The van der Waals surface area contributed by atoms with Crippen LogP contribution < -0.4 is 10.9 Å². The maximum Gasteiger partial charge on any atom is 0.278 e. The normalized spacial score (nSPS) is 15.0. The summed E-state index contributed by atoms with van der Waals surface area (Å²) in [6.07, 6.45) is 2.11. The van der Waals surface area contributed by atoms with E-state index < -0.39 is 0 Å². The topological polar surface area (TPSA) is 81.8 Å². The van der Waals surface area contributed by atoms with E-state index in [0.29, 0.717) is 17.0 Å². The van der Waals surface area contributed by atoms with Crippen LogP contribution in [0.5, 0.6) is 0 Å². The lowest BCUT2D eigenvalue weighted by Crippen LogP contribution is -2.35. The minimum atomic E-state index is -0.242. The highest BCUT2D eigenvalue weighted by molar-refractivity contribution is 5.84. The molecule has 0 saturated heterocycles. The average molecular weight is 379 g/mol. The van der Waals surface area contributed by atoms with E-state index >= 15 is 0 Å². The lowest BCUT2D eigenvalue weighted by Gasteiger charge is -2.15. The Morgan fingerprint density at radius 3 is 2.54 bits per heavy atom. The molecule has 1 N–H and O–H groups in total. The minimum Gasteiger partial charge on any atom is -0.348 e. The van der Waals surface area contributed by atoms with E-state index in [2.05, 4.69) is 15.5 Å². The van der Waals surface area contributed by atoms with E-state index in [-0.39, 0.29) is 24.1 Å². The van der Waals surface area contributed by atoms with Crippen molar-refractivity contribution in [1.82, 2.24) is 24.9 Å². The van der Waals surface area contributed by atoms with Gasteiger partial charge in [-0.2, -0.15) is 10.2 Å². The van der Waals surface area contributed by atoms with Crippen molar-refractivity contribution >= 4 is 16.8 Å². The zero-order valence-electron chi connectivity index (χ0n) is 16.7. The Labute approximate surface area is 163 Å². The molecule has 0 radical (unpaired) electrons. The van der Waals surface area contributed by atoms with Crippen molar-refractivity contribution in [2.75, 3.05) is 0 Å². The molecule has 3 aromatic rings. The van der Waals surface area contributed by atoms with Crippen molar-refractivity contribution in [3.05, 3.63) is 57.1 Å². The molecule has 1 amide bonds. The van der Waals surface area contributed by atoms with Crippen LogP contribution in [0.3, 0.4) is 0 Å². The van der Waals surface area contributed by atoms with Gasteiger partial charge in [0.05, 0.1) is 28.3 Å². The van der Waals surface area contributed by atoms with Gasteiger partial charge in [0, 0.05) is 13.0 Å². The van der Waals surface area contributed by atoms with Gasteiger partial charge in [0.15, 0.2) is 0 Å². The van der Waals surface area contributed by atoms with E-state index in [1.165, 1.54) is 10.2 Å². The first-order valence-electron chi connectivity index (χ1n) is 9.65. The smallest absolute Gasteiger partial charge is 0.278 e. The Kier molecular flexibility index (Phi) is 4.53. The molecule has 1 aromatic carbocycles. The number of amides is 1. The number of hydrogen-bond donors (Lipinski definition) is 1. The second-order valence-electron chi connectivity index (χ2n) is 7.75. The van der Waals surface area contributed by atoms with Gasteiger partial charge in [0.2, 0.25) is 5.91 Å². The summed E-state index contributed by atoms with van der Waals surface area (Å²) in [6, 6.07) is 7.89. The Morgan fingerprint density at radius 2 is 1.89 bits per heavy atom. The van der Waals surface area contributed by atoms with E-state index in [4.69, 9.17) is 0 Å². The average Bonchev–Trinajstić information content (AvgIpc) is 3.42. The molecule has 7 nitrogen and oxygen atoms in total. The lowest BCUT2D eigenvalue weighted by molar-refractivity contribution is -0.122. The second kappa shape index (κ2) is 6.89. The Bertz CT molecular complexity index is 1110. The predicted molar refractivity (Wildman–Crippen MR) is 107 cm³/mol. The van der Waals surface area contributed by atoms with Crippen molar-refractivity contribution in [3.63, 3.8) is 0 Å². The molecule has 146 valence electrons. The number of aryl methyl sites for hydroxylation is 3. The second-order valence-corrected chi connectivity index (χ2v) is 7.75. The lowest BCUT2D eigenvalue weighted by atomic mass is 10.1. The van der Waals surface area contributed by atoms with Crippen molar-refractivity contribution in [2.45, 2.75) is 52.1 Å². The van der Waals surface area contributed by atoms with Crippen LogP contribution in [0.2, 0.25) is 0 Å². The summed E-state index contributed by atoms with van der Waals surface area (Å²) in [7, 11) is 1.84. The molecule has 1 aliphatic rings. The standard InChI is InChI=1S/C21H25N5O2/c1-12-5-7-15(8-6-12)13(2)22-17(27)11-26-21(28)18-19(16-9-10-16)24-25(4)20(18)14(3)23-26/h5-8,13,16H,9-11H2,1-4H3,(H,22,27). The number of carbonyl (C=O) groups excluding carboxylic acids is 1. The third-order valence-electron chi connectivity index (χ3n) is 5.35. The summed E-state index contributed by atoms with van der Waals surface area (Å²) in [5.74, 6) is 0.111. The minimum absolute atomic E-state index is 0.106. The van der Waals surface area contributed by atoms with Gasteiger partial charge in [0.25, 0.3) is 5.56 Å². The molecule has 1 atom stereocenters. The summed E-state index contributed by atoms with van der Waals surface area (Å²) < 4.78 is 3.00. The number of aromatic nitrogens is 4. The first-order valence-corrected chi connectivity index (χ1v) is 9.65. The Morgan fingerprint density at radius 1 is 1.21 bits per heavy atom. The largest absolute Gasteiger partial charge is 0.348 e. The highest BCUT2D eigenvalue weighted by Gasteiger charge is 2.31. The van der Waals surface area contributed by atoms with Gasteiger partial charge in [-0.15, -0.1) is 0 Å². The number of carbonyl (C=O) groups is 1. The molecule has 0 aliphatic heterocycles. The summed E-state index contributed by atoms with van der Waals surface area (Å²) in [6.45, 7) is 5.70. The maximum absolute atomic E-state index is 13.0. The zero-order valence-corrected chi connectivity index (χ0v) is 16.7. The number of benzene rings is 1. The van der Waals surface area contributed by atoms with Crippen LogP contribution in [-0.4, -0.2) is 25.5 Å².